The molecule has 1 N–H and O–H groups in total. The van der Waals surface area contributed by atoms with Gasteiger partial charge in [-0.05, 0) is 60.2 Å². The number of hydrogen-bond donors (Lipinski definition) is 1. The second-order valence-electron chi connectivity index (χ2n) is 8.10. The van der Waals surface area contributed by atoms with Crippen LogP contribution in [0, 0.1) is 12.7 Å². The van der Waals surface area contributed by atoms with Crippen LogP contribution in [0.25, 0.3) is 6.08 Å². The molecule has 0 aliphatic carbocycles. The van der Waals surface area contributed by atoms with E-state index in [2.05, 4.69) is 5.32 Å². The van der Waals surface area contributed by atoms with Gasteiger partial charge in [0, 0.05) is 0 Å². The van der Waals surface area contributed by atoms with E-state index in [1.54, 1.807) is 18.2 Å². The van der Waals surface area contributed by atoms with Crippen molar-refractivity contribution in [1.29, 1.82) is 0 Å². The summed E-state index contributed by atoms with van der Waals surface area (Å²) in [6.07, 6.45) is 1.48. The lowest BCUT2D eigenvalue weighted by atomic mass is 10.1. The molecule has 0 unspecified atom stereocenters. The third-order valence-electron chi connectivity index (χ3n) is 5.38. The number of para-hydroxylation sites is 1. The number of thioether (sulfide) groups is 1. The first-order chi connectivity index (χ1) is 17.7. The van der Waals surface area contributed by atoms with Crippen molar-refractivity contribution in [3.05, 3.63) is 93.1 Å². The Balaban J connectivity index is 1.47. The number of imide groups is 1. The maximum atomic E-state index is 13.8. The van der Waals surface area contributed by atoms with Crippen LogP contribution in [-0.2, 0) is 16.2 Å². The summed E-state index contributed by atoms with van der Waals surface area (Å²) in [7, 11) is 1.47. The molecule has 190 valence electrons. The van der Waals surface area contributed by atoms with Crippen LogP contribution in [0.15, 0.2) is 65.6 Å². The molecular formula is C27H22ClFN2O5S. The summed E-state index contributed by atoms with van der Waals surface area (Å²) in [5, 5.41) is 2.01. The summed E-state index contributed by atoms with van der Waals surface area (Å²) >= 11 is 7.15. The molecule has 3 amide bonds. The van der Waals surface area contributed by atoms with Crippen LogP contribution in [-0.4, -0.2) is 35.6 Å². The lowest BCUT2D eigenvalue weighted by Crippen LogP contribution is -2.36. The molecule has 1 fully saturated rings. The van der Waals surface area contributed by atoms with Crippen LogP contribution >= 0.6 is 23.4 Å². The van der Waals surface area contributed by atoms with E-state index in [1.165, 1.54) is 31.4 Å². The number of halogens is 2. The maximum Gasteiger partial charge on any atom is 0.294 e. The van der Waals surface area contributed by atoms with Gasteiger partial charge in [-0.3, -0.25) is 19.3 Å². The molecule has 1 aliphatic rings. The fraction of sp³-hybridized carbons (Fsp3) is 0.148. The topological polar surface area (TPSA) is 84.9 Å². The molecule has 1 heterocycles. The van der Waals surface area contributed by atoms with E-state index in [1.807, 2.05) is 31.2 Å². The number of hydrogen-bond acceptors (Lipinski definition) is 6. The Labute approximate surface area is 222 Å². The van der Waals surface area contributed by atoms with Crippen LogP contribution in [0.2, 0.25) is 5.02 Å². The molecule has 0 atom stereocenters. The van der Waals surface area contributed by atoms with Gasteiger partial charge in [-0.15, -0.1) is 0 Å². The molecule has 3 aromatic rings. The molecular weight excluding hydrogens is 519 g/mol. The smallest absolute Gasteiger partial charge is 0.294 e. The first-order valence-corrected chi connectivity index (χ1v) is 12.3. The Morgan fingerprint density at radius 2 is 1.86 bits per heavy atom. The highest BCUT2D eigenvalue weighted by atomic mass is 35.5. The molecule has 3 aromatic carbocycles. The number of benzene rings is 3. The molecule has 1 aliphatic heterocycles. The average Bonchev–Trinajstić information content (AvgIpc) is 3.12. The summed E-state index contributed by atoms with van der Waals surface area (Å²) in [5.41, 5.74) is 2.56. The maximum absolute atomic E-state index is 13.8. The number of rotatable bonds is 8. The van der Waals surface area contributed by atoms with Crippen LogP contribution in [0.5, 0.6) is 11.5 Å². The van der Waals surface area contributed by atoms with Gasteiger partial charge in [0.05, 0.1) is 22.7 Å². The summed E-state index contributed by atoms with van der Waals surface area (Å²) in [4.78, 5) is 38.5. The van der Waals surface area contributed by atoms with Crippen molar-refractivity contribution >= 4 is 52.2 Å². The average molecular weight is 541 g/mol. The van der Waals surface area contributed by atoms with Gasteiger partial charge in [0.15, 0.2) is 11.5 Å². The van der Waals surface area contributed by atoms with E-state index in [-0.39, 0.29) is 22.2 Å². The van der Waals surface area contributed by atoms with Gasteiger partial charge in [-0.1, -0.05) is 53.6 Å². The summed E-state index contributed by atoms with van der Waals surface area (Å²) < 4.78 is 25.1. The van der Waals surface area contributed by atoms with Gasteiger partial charge >= 0.3 is 0 Å². The SMILES string of the molecule is COc1cc(/C=C2\SC(=O)N(CC(=O)Nc3ccccc3F)C2=O)cc(Cl)c1OCc1ccc(C)cc1. The number of carbonyl (C=O) groups is 3. The van der Waals surface area contributed by atoms with Gasteiger partial charge < -0.3 is 14.8 Å². The van der Waals surface area contributed by atoms with E-state index in [9.17, 15) is 18.8 Å². The molecule has 4 rings (SSSR count). The van der Waals surface area contributed by atoms with Gasteiger partial charge in [-0.25, -0.2) is 4.39 Å². The molecule has 0 radical (unpaired) electrons. The quantitative estimate of drug-likeness (QED) is 0.350. The van der Waals surface area contributed by atoms with E-state index in [0.717, 1.165) is 16.0 Å². The van der Waals surface area contributed by atoms with Gasteiger partial charge in [0.2, 0.25) is 5.91 Å². The van der Waals surface area contributed by atoms with Crippen LogP contribution in [0.4, 0.5) is 14.9 Å². The monoisotopic (exact) mass is 540 g/mol. The molecule has 7 nitrogen and oxygen atoms in total. The van der Waals surface area contributed by atoms with E-state index in [0.29, 0.717) is 28.8 Å². The Bertz CT molecular complexity index is 1390. The highest BCUT2D eigenvalue weighted by Crippen LogP contribution is 2.39. The lowest BCUT2D eigenvalue weighted by molar-refractivity contribution is -0.127. The summed E-state index contributed by atoms with van der Waals surface area (Å²) in [6, 6.07) is 16.7. The predicted octanol–water partition coefficient (Wildman–Crippen LogP) is 6.05. The number of ether oxygens (including phenoxy) is 2. The summed E-state index contributed by atoms with van der Waals surface area (Å²) in [6.45, 7) is 1.73. The van der Waals surface area contributed by atoms with Crippen molar-refractivity contribution in [1.82, 2.24) is 4.90 Å². The zero-order valence-corrected chi connectivity index (χ0v) is 21.5. The zero-order chi connectivity index (χ0) is 26.5. The van der Waals surface area contributed by atoms with Crippen molar-refractivity contribution in [2.24, 2.45) is 0 Å². The second kappa shape index (κ2) is 11.5. The Kier molecular flexibility index (Phi) is 8.15. The number of nitrogens with one attached hydrogen (secondary N) is 1. The fourth-order valence-electron chi connectivity index (χ4n) is 3.49. The molecule has 10 heteroatoms. The third kappa shape index (κ3) is 6.31. The van der Waals surface area contributed by atoms with E-state index in [4.69, 9.17) is 21.1 Å². The van der Waals surface area contributed by atoms with E-state index >= 15 is 0 Å². The lowest BCUT2D eigenvalue weighted by Gasteiger charge is -2.14. The van der Waals surface area contributed by atoms with Crippen molar-refractivity contribution in [3.8, 4) is 11.5 Å². The van der Waals surface area contributed by atoms with Crippen molar-refractivity contribution < 1.29 is 28.2 Å². The number of nitrogens with zero attached hydrogens (tertiary/aromatic N) is 1. The van der Waals surface area contributed by atoms with Gasteiger partial charge in [0.1, 0.15) is 19.0 Å². The predicted molar refractivity (Wildman–Crippen MR) is 141 cm³/mol. The number of anilines is 1. The fourth-order valence-corrected chi connectivity index (χ4v) is 4.60. The van der Waals surface area contributed by atoms with Crippen LogP contribution in [0.1, 0.15) is 16.7 Å². The Morgan fingerprint density at radius 1 is 1.14 bits per heavy atom. The van der Waals surface area contributed by atoms with Crippen molar-refractivity contribution in [2.75, 3.05) is 19.0 Å². The first kappa shape index (κ1) is 26.2. The van der Waals surface area contributed by atoms with Gasteiger partial charge in [0.25, 0.3) is 11.1 Å². The number of amides is 3. The molecule has 0 aromatic heterocycles. The van der Waals surface area contributed by atoms with E-state index < -0.39 is 29.4 Å². The second-order valence-corrected chi connectivity index (χ2v) is 9.50. The first-order valence-electron chi connectivity index (χ1n) is 11.1. The number of carbonyl (C=O) groups excluding carboxylic acids is 3. The molecule has 0 bridgehead atoms. The third-order valence-corrected chi connectivity index (χ3v) is 6.56. The highest BCUT2D eigenvalue weighted by molar-refractivity contribution is 8.18. The minimum Gasteiger partial charge on any atom is -0.493 e. The molecule has 0 spiro atoms. The van der Waals surface area contributed by atoms with Crippen LogP contribution < -0.4 is 14.8 Å². The standard InChI is InChI=1S/C27H22ClFN2O5S/c1-16-7-9-17(10-8-16)15-36-25-19(28)11-18(12-22(25)35-2)13-23-26(33)31(27(34)37-23)14-24(32)30-21-6-4-3-5-20(21)29/h3-13H,14-15H2,1-2H3,(H,30,32)/b23-13-. The number of methoxy groups -OCH3 is 1. The normalized spacial score (nSPS) is 14.3. The Morgan fingerprint density at radius 3 is 2.57 bits per heavy atom. The molecule has 37 heavy (non-hydrogen) atoms. The minimum absolute atomic E-state index is 0.0403. The molecule has 1 saturated heterocycles. The largest absolute Gasteiger partial charge is 0.493 e. The Hall–Kier alpha value is -3.82. The van der Waals surface area contributed by atoms with Crippen molar-refractivity contribution in [2.45, 2.75) is 13.5 Å². The van der Waals surface area contributed by atoms with Gasteiger partial charge in [-0.2, -0.15) is 0 Å². The molecule has 0 saturated carbocycles. The summed E-state index contributed by atoms with van der Waals surface area (Å²) in [5.74, 6) is -1.27. The highest BCUT2D eigenvalue weighted by Gasteiger charge is 2.36. The minimum atomic E-state index is -0.701. The van der Waals surface area contributed by atoms with Crippen molar-refractivity contribution in [3.63, 3.8) is 0 Å². The zero-order valence-electron chi connectivity index (χ0n) is 19.9. The number of aryl methyl sites for hydroxylation is 1. The van der Waals surface area contributed by atoms with Crippen LogP contribution in [0.3, 0.4) is 0 Å².